The Morgan fingerprint density at radius 2 is 1.88 bits per heavy atom. The first-order valence-corrected chi connectivity index (χ1v) is 12.0. The van der Waals surface area contributed by atoms with E-state index in [1.54, 1.807) is 11.3 Å². The third-order valence-corrected chi connectivity index (χ3v) is 6.75. The summed E-state index contributed by atoms with van der Waals surface area (Å²) in [5.41, 5.74) is 4.11. The normalized spacial score (nSPS) is 13.2. The molecule has 5 rings (SSSR count). The zero-order valence-corrected chi connectivity index (χ0v) is 19.2. The molecule has 6 heteroatoms. The molecule has 1 aliphatic carbocycles. The molecule has 0 unspecified atom stereocenters. The number of carbonyl (C=O) groups is 1. The van der Waals surface area contributed by atoms with Crippen molar-refractivity contribution in [3.63, 3.8) is 0 Å². The number of aromatic nitrogens is 1. The minimum absolute atomic E-state index is 0.339. The molecule has 5 nitrogen and oxygen atoms in total. The van der Waals surface area contributed by atoms with Gasteiger partial charge in [-0.15, -0.1) is 11.3 Å². The highest BCUT2D eigenvalue weighted by Gasteiger charge is 2.28. The van der Waals surface area contributed by atoms with Crippen LogP contribution in [0.25, 0.3) is 22.0 Å². The molecule has 1 aromatic heterocycles. The second-order valence-corrected chi connectivity index (χ2v) is 9.34. The quantitative estimate of drug-likeness (QED) is 0.321. The maximum atomic E-state index is 10.9. The molecule has 0 atom stereocenters. The Morgan fingerprint density at radius 1 is 1.06 bits per heavy atom. The summed E-state index contributed by atoms with van der Waals surface area (Å²) < 4.78 is 11.6. The van der Waals surface area contributed by atoms with Crippen molar-refractivity contribution in [1.82, 2.24) is 4.98 Å². The van der Waals surface area contributed by atoms with E-state index in [0.29, 0.717) is 18.3 Å². The van der Waals surface area contributed by atoms with Gasteiger partial charge in [0.05, 0.1) is 17.3 Å². The van der Waals surface area contributed by atoms with Gasteiger partial charge in [-0.2, -0.15) is 0 Å². The molecular weight excluding hydrogens is 434 g/mol. The molecule has 0 amide bonds. The van der Waals surface area contributed by atoms with Crippen molar-refractivity contribution in [3.05, 3.63) is 76.1 Å². The fourth-order valence-electron chi connectivity index (χ4n) is 3.97. The second-order valence-electron chi connectivity index (χ2n) is 8.40. The van der Waals surface area contributed by atoms with Crippen LogP contribution in [0.1, 0.15) is 34.9 Å². The Labute approximate surface area is 196 Å². The number of ether oxygens (including phenoxy) is 2. The Morgan fingerprint density at radius 3 is 2.67 bits per heavy atom. The summed E-state index contributed by atoms with van der Waals surface area (Å²) in [5, 5.41) is 14.5. The van der Waals surface area contributed by atoms with Gasteiger partial charge in [0, 0.05) is 22.9 Å². The first-order valence-electron chi connectivity index (χ1n) is 11.1. The molecule has 1 fully saturated rings. The van der Waals surface area contributed by atoms with Crippen molar-refractivity contribution in [2.75, 3.05) is 13.2 Å². The highest BCUT2D eigenvalue weighted by atomic mass is 32.1. The average Bonchev–Trinajstić information content (AvgIpc) is 3.55. The minimum atomic E-state index is -0.978. The molecule has 0 saturated heterocycles. The van der Waals surface area contributed by atoms with E-state index in [1.165, 1.54) is 10.8 Å². The number of aliphatic carboxylic acids is 1. The number of carboxylic acids is 1. The van der Waals surface area contributed by atoms with Crippen LogP contribution in [0.4, 0.5) is 0 Å². The van der Waals surface area contributed by atoms with Gasteiger partial charge in [-0.1, -0.05) is 36.4 Å². The first kappa shape index (κ1) is 21.5. The summed E-state index contributed by atoms with van der Waals surface area (Å²) >= 11 is 1.66. The molecule has 1 N–H and O–H groups in total. The SMILES string of the molecule is Cc1cc(OCCc2nc(-c3ccc4ccccc4c3)cs2)c(C2CC2)cc1OCC(=O)O. The predicted octanol–water partition coefficient (Wildman–Crippen LogP) is 6.23. The average molecular weight is 460 g/mol. The third-order valence-electron chi connectivity index (χ3n) is 5.85. The molecule has 33 heavy (non-hydrogen) atoms. The van der Waals surface area contributed by atoms with Crippen molar-refractivity contribution in [1.29, 1.82) is 0 Å². The number of fused-ring (bicyclic) bond motifs is 1. The van der Waals surface area contributed by atoms with Gasteiger partial charge in [0.25, 0.3) is 0 Å². The van der Waals surface area contributed by atoms with Crippen LogP contribution in [0, 0.1) is 6.92 Å². The van der Waals surface area contributed by atoms with Crippen LogP contribution in [0.5, 0.6) is 11.5 Å². The lowest BCUT2D eigenvalue weighted by molar-refractivity contribution is -0.139. The maximum Gasteiger partial charge on any atom is 0.341 e. The third kappa shape index (κ3) is 5.01. The lowest BCUT2D eigenvalue weighted by Gasteiger charge is -2.15. The van der Waals surface area contributed by atoms with Crippen molar-refractivity contribution in [2.45, 2.75) is 32.1 Å². The van der Waals surface area contributed by atoms with Crippen molar-refractivity contribution >= 4 is 28.1 Å². The number of hydrogen-bond donors (Lipinski definition) is 1. The van der Waals surface area contributed by atoms with Crippen LogP contribution in [0.3, 0.4) is 0 Å². The number of hydrogen-bond acceptors (Lipinski definition) is 5. The van der Waals surface area contributed by atoms with E-state index in [9.17, 15) is 4.79 Å². The molecule has 3 aromatic carbocycles. The number of rotatable bonds is 9. The van der Waals surface area contributed by atoms with Crippen molar-refractivity contribution in [2.24, 2.45) is 0 Å². The van der Waals surface area contributed by atoms with Crippen LogP contribution in [-0.2, 0) is 11.2 Å². The summed E-state index contributed by atoms with van der Waals surface area (Å²) in [6, 6.07) is 18.7. The smallest absolute Gasteiger partial charge is 0.341 e. The fourth-order valence-corrected chi connectivity index (χ4v) is 4.75. The second kappa shape index (κ2) is 9.24. The lowest BCUT2D eigenvalue weighted by Crippen LogP contribution is -2.11. The first-order chi connectivity index (χ1) is 16.1. The number of thiazole rings is 1. The lowest BCUT2D eigenvalue weighted by atomic mass is 10.1. The highest BCUT2D eigenvalue weighted by molar-refractivity contribution is 7.09. The largest absolute Gasteiger partial charge is 0.493 e. The standard InChI is InChI=1S/C27H25NO4S/c1-17-12-25(22(19-7-8-19)14-24(17)32-15-27(29)30)31-11-10-26-28-23(16-33-26)21-9-6-18-4-2-3-5-20(18)13-21/h2-6,9,12-14,16,19H,7-8,10-11,15H2,1H3,(H,29,30). The molecule has 0 radical (unpaired) electrons. The topological polar surface area (TPSA) is 68.7 Å². The molecule has 0 spiro atoms. The van der Waals surface area contributed by atoms with Crippen LogP contribution in [-0.4, -0.2) is 29.3 Å². The molecular formula is C27H25NO4S. The van der Waals surface area contributed by atoms with Crippen LogP contribution < -0.4 is 9.47 Å². The van der Waals surface area contributed by atoms with Gasteiger partial charge < -0.3 is 14.6 Å². The van der Waals surface area contributed by atoms with Crippen LogP contribution in [0.15, 0.2) is 60.0 Å². The molecule has 1 saturated carbocycles. The van der Waals surface area contributed by atoms with Gasteiger partial charge >= 0.3 is 5.97 Å². The van der Waals surface area contributed by atoms with Gasteiger partial charge in [-0.05, 0) is 60.2 Å². The highest BCUT2D eigenvalue weighted by Crippen LogP contribution is 2.46. The zero-order chi connectivity index (χ0) is 22.8. The van der Waals surface area contributed by atoms with E-state index in [-0.39, 0.29) is 6.61 Å². The van der Waals surface area contributed by atoms with E-state index >= 15 is 0 Å². The van der Waals surface area contributed by atoms with Gasteiger partial charge in [-0.3, -0.25) is 0 Å². The Hall–Kier alpha value is -3.38. The maximum absolute atomic E-state index is 10.9. The molecule has 0 aliphatic heterocycles. The monoisotopic (exact) mass is 459 g/mol. The van der Waals surface area contributed by atoms with Gasteiger partial charge in [0.2, 0.25) is 0 Å². The van der Waals surface area contributed by atoms with Crippen LogP contribution in [0.2, 0.25) is 0 Å². The minimum Gasteiger partial charge on any atom is -0.493 e. The fraction of sp³-hybridized carbons (Fsp3) is 0.259. The molecule has 1 aliphatic rings. The molecule has 0 bridgehead atoms. The van der Waals surface area contributed by atoms with E-state index in [1.807, 2.05) is 19.1 Å². The van der Waals surface area contributed by atoms with Gasteiger partial charge in [-0.25, -0.2) is 9.78 Å². The molecule has 1 heterocycles. The predicted molar refractivity (Wildman–Crippen MR) is 131 cm³/mol. The summed E-state index contributed by atoms with van der Waals surface area (Å²) in [5.74, 6) is 0.969. The number of aryl methyl sites for hydroxylation is 1. The van der Waals surface area contributed by atoms with Crippen molar-refractivity contribution < 1.29 is 19.4 Å². The number of benzene rings is 3. The molecule has 168 valence electrons. The summed E-state index contributed by atoms with van der Waals surface area (Å²) in [7, 11) is 0. The van der Waals surface area contributed by atoms with E-state index in [4.69, 9.17) is 19.6 Å². The summed E-state index contributed by atoms with van der Waals surface area (Å²) in [6.45, 7) is 2.12. The summed E-state index contributed by atoms with van der Waals surface area (Å²) in [4.78, 5) is 15.7. The van der Waals surface area contributed by atoms with E-state index in [0.717, 1.165) is 52.4 Å². The van der Waals surface area contributed by atoms with Gasteiger partial charge in [0.1, 0.15) is 11.5 Å². The Bertz CT molecular complexity index is 1310. The van der Waals surface area contributed by atoms with Gasteiger partial charge in [0.15, 0.2) is 6.61 Å². The van der Waals surface area contributed by atoms with E-state index in [2.05, 4.69) is 47.8 Å². The number of carboxylic acid groups (broad SMARTS) is 1. The summed E-state index contributed by atoms with van der Waals surface area (Å²) in [6.07, 6.45) is 2.98. The van der Waals surface area contributed by atoms with E-state index < -0.39 is 5.97 Å². The molecule has 4 aromatic rings. The zero-order valence-electron chi connectivity index (χ0n) is 18.4. The van der Waals surface area contributed by atoms with Crippen molar-refractivity contribution in [3.8, 4) is 22.8 Å². The Kier molecular flexibility index (Phi) is 6.01. The van der Waals surface area contributed by atoms with Crippen LogP contribution >= 0.6 is 11.3 Å². The Balaban J connectivity index is 1.25. The number of nitrogens with zero attached hydrogens (tertiary/aromatic N) is 1.